The van der Waals surface area contributed by atoms with Gasteiger partial charge >= 0.3 is 0 Å². The van der Waals surface area contributed by atoms with Gasteiger partial charge in [0.05, 0.1) is 18.1 Å². The topological polar surface area (TPSA) is 79.0 Å². The average molecular weight is 472 g/mol. The number of hydrogen-bond donors (Lipinski definition) is 1. The zero-order valence-electron chi connectivity index (χ0n) is 17.5. The molecule has 4 rings (SSSR count). The van der Waals surface area contributed by atoms with E-state index < -0.39 is 17.1 Å². The van der Waals surface area contributed by atoms with Gasteiger partial charge in [-0.15, -0.1) is 0 Å². The minimum Gasteiger partial charge on any atom is -0.378 e. The highest BCUT2D eigenvalue weighted by atomic mass is 35.5. The van der Waals surface area contributed by atoms with Crippen LogP contribution in [0.2, 0.25) is 5.02 Å². The molecular weight excluding hydrogens is 450 g/mol. The molecule has 0 aromatic heterocycles. The van der Waals surface area contributed by atoms with Gasteiger partial charge in [-0.2, -0.15) is 0 Å². The Bertz CT molecular complexity index is 1080. The van der Waals surface area contributed by atoms with Crippen LogP contribution in [0.1, 0.15) is 11.1 Å². The summed E-state index contributed by atoms with van der Waals surface area (Å²) in [5.74, 6) is -0.947. The van der Waals surface area contributed by atoms with Crippen molar-refractivity contribution in [1.82, 2.24) is 4.90 Å². The van der Waals surface area contributed by atoms with Gasteiger partial charge in [0.1, 0.15) is 6.54 Å². The van der Waals surface area contributed by atoms with Crippen molar-refractivity contribution in [3.63, 3.8) is 0 Å². The first-order valence-electron chi connectivity index (χ1n) is 10.1. The maximum Gasteiger partial charge on any atom is 0.294 e. The molecule has 1 N–H and O–H groups in total. The fourth-order valence-electron chi connectivity index (χ4n) is 3.41. The second kappa shape index (κ2) is 9.77. The number of carbonyl (C=O) groups is 3. The van der Waals surface area contributed by atoms with Gasteiger partial charge in [-0.1, -0.05) is 29.8 Å². The lowest BCUT2D eigenvalue weighted by atomic mass is 10.1. The van der Waals surface area contributed by atoms with E-state index in [1.807, 2.05) is 31.2 Å². The van der Waals surface area contributed by atoms with Crippen molar-refractivity contribution in [1.29, 1.82) is 0 Å². The Morgan fingerprint density at radius 2 is 1.88 bits per heavy atom. The maximum atomic E-state index is 12.7. The average Bonchev–Trinajstić information content (AvgIpc) is 3.04. The van der Waals surface area contributed by atoms with Gasteiger partial charge in [0.2, 0.25) is 5.91 Å². The number of halogens is 1. The molecular formula is C23H22ClN3O4S. The summed E-state index contributed by atoms with van der Waals surface area (Å²) >= 11 is 6.91. The van der Waals surface area contributed by atoms with E-state index in [0.29, 0.717) is 28.8 Å². The summed E-state index contributed by atoms with van der Waals surface area (Å²) in [5, 5.41) is 2.72. The Morgan fingerprint density at radius 3 is 2.56 bits per heavy atom. The first kappa shape index (κ1) is 22.4. The third kappa shape index (κ3) is 5.15. The summed E-state index contributed by atoms with van der Waals surface area (Å²) in [6, 6.07) is 12.9. The first-order chi connectivity index (χ1) is 15.4. The van der Waals surface area contributed by atoms with Crippen LogP contribution >= 0.6 is 23.4 Å². The standard InChI is InChI=1S/C23H22ClN3O4S/c1-15-2-5-17(13-19(15)24)25-21(28)14-27-22(29)20(32-23(27)30)12-16-3-6-18(7-4-16)26-8-10-31-11-9-26/h2-7,12-13H,8-11,14H2,1H3,(H,25,28)/b20-12+. The number of nitrogens with zero attached hydrogens (tertiary/aromatic N) is 2. The Balaban J connectivity index is 1.40. The van der Waals surface area contributed by atoms with Gasteiger partial charge in [0.25, 0.3) is 11.1 Å². The van der Waals surface area contributed by atoms with E-state index in [1.165, 1.54) is 0 Å². The van der Waals surface area contributed by atoms with Crippen molar-refractivity contribution in [3.05, 3.63) is 63.5 Å². The number of anilines is 2. The molecule has 2 aliphatic heterocycles. The summed E-state index contributed by atoms with van der Waals surface area (Å²) in [7, 11) is 0. The van der Waals surface area contributed by atoms with Crippen LogP contribution in [-0.4, -0.2) is 54.8 Å². The van der Waals surface area contributed by atoms with E-state index in [0.717, 1.165) is 46.6 Å². The number of hydrogen-bond acceptors (Lipinski definition) is 6. The molecule has 2 aromatic rings. The molecule has 9 heteroatoms. The largest absolute Gasteiger partial charge is 0.378 e. The van der Waals surface area contributed by atoms with Crippen LogP contribution < -0.4 is 10.2 Å². The van der Waals surface area contributed by atoms with E-state index in [9.17, 15) is 14.4 Å². The number of thioether (sulfide) groups is 1. The smallest absolute Gasteiger partial charge is 0.294 e. The van der Waals surface area contributed by atoms with E-state index >= 15 is 0 Å². The lowest BCUT2D eigenvalue weighted by Gasteiger charge is -2.28. The van der Waals surface area contributed by atoms with E-state index in [1.54, 1.807) is 24.3 Å². The monoisotopic (exact) mass is 471 g/mol. The molecule has 32 heavy (non-hydrogen) atoms. The molecule has 2 aromatic carbocycles. The highest BCUT2D eigenvalue weighted by Crippen LogP contribution is 2.32. The third-order valence-electron chi connectivity index (χ3n) is 5.20. The van der Waals surface area contributed by atoms with Gasteiger partial charge < -0.3 is 15.0 Å². The van der Waals surface area contributed by atoms with Crippen LogP contribution in [0, 0.1) is 6.92 Å². The van der Waals surface area contributed by atoms with E-state index in [2.05, 4.69) is 10.2 Å². The minimum atomic E-state index is -0.477. The van der Waals surface area contributed by atoms with Crippen molar-refractivity contribution in [2.24, 2.45) is 0 Å². The number of nitrogens with one attached hydrogen (secondary N) is 1. The molecule has 166 valence electrons. The van der Waals surface area contributed by atoms with Gasteiger partial charge in [-0.25, -0.2) is 0 Å². The highest BCUT2D eigenvalue weighted by molar-refractivity contribution is 8.18. The zero-order chi connectivity index (χ0) is 22.7. The molecule has 0 bridgehead atoms. The molecule has 2 fully saturated rings. The Labute approximate surface area is 195 Å². The van der Waals surface area contributed by atoms with Crippen molar-refractivity contribution in [3.8, 4) is 0 Å². The lowest BCUT2D eigenvalue weighted by Crippen LogP contribution is -2.36. The number of morpholine rings is 1. The third-order valence-corrected chi connectivity index (χ3v) is 6.51. The summed E-state index contributed by atoms with van der Waals surface area (Å²) in [5.41, 5.74) is 3.30. The minimum absolute atomic E-state index is 0.292. The SMILES string of the molecule is Cc1ccc(NC(=O)CN2C(=O)S/C(=C/c3ccc(N4CCOCC4)cc3)C2=O)cc1Cl. The Morgan fingerprint density at radius 1 is 1.16 bits per heavy atom. The van der Waals surface area contributed by atoms with Crippen molar-refractivity contribution < 1.29 is 19.1 Å². The predicted octanol–water partition coefficient (Wildman–Crippen LogP) is 4.16. The number of carbonyl (C=O) groups excluding carboxylic acids is 3. The number of ether oxygens (including phenoxy) is 1. The molecule has 2 saturated heterocycles. The molecule has 0 saturated carbocycles. The summed E-state index contributed by atoms with van der Waals surface area (Å²) in [4.78, 5) is 40.9. The second-order valence-electron chi connectivity index (χ2n) is 7.47. The van der Waals surface area contributed by atoms with Crippen LogP contribution in [0.3, 0.4) is 0 Å². The quantitative estimate of drug-likeness (QED) is 0.660. The zero-order valence-corrected chi connectivity index (χ0v) is 19.0. The Hall–Kier alpha value is -2.81. The van der Waals surface area contributed by atoms with Crippen LogP contribution in [-0.2, 0) is 14.3 Å². The van der Waals surface area contributed by atoms with E-state index in [4.69, 9.17) is 16.3 Å². The second-order valence-corrected chi connectivity index (χ2v) is 8.87. The fraction of sp³-hybridized carbons (Fsp3) is 0.261. The van der Waals surface area contributed by atoms with Gasteiger partial charge in [-0.3, -0.25) is 19.3 Å². The first-order valence-corrected chi connectivity index (χ1v) is 11.3. The van der Waals surface area contributed by atoms with Crippen LogP contribution in [0.25, 0.3) is 6.08 Å². The predicted molar refractivity (Wildman–Crippen MR) is 127 cm³/mol. The molecule has 2 aliphatic rings. The molecule has 0 unspecified atom stereocenters. The van der Waals surface area contributed by atoms with Crippen LogP contribution in [0.5, 0.6) is 0 Å². The van der Waals surface area contributed by atoms with Crippen LogP contribution in [0.4, 0.5) is 16.2 Å². The number of amides is 3. The molecule has 3 amide bonds. The number of imide groups is 1. The summed E-state index contributed by atoms with van der Waals surface area (Å²) in [6.07, 6.45) is 1.67. The van der Waals surface area contributed by atoms with Crippen molar-refractivity contribution >= 4 is 57.9 Å². The van der Waals surface area contributed by atoms with Crippen molar-refractivity contribution in [2.45, 2.75) is 6.92 Å². The van der Waals surface area contributed by atoms with Gasteiger partial charge in [0, 0.05) is 29.5 Å². The van der Waals surface area contributed by atoms with Crippen molar-refractivity contribution in [2.75, 3.05) is 43.1 Å². The highest BCUT2D eigenvalue weighted by Gasteiger charge is 2.36. The lowest BCUT2D eigenvalue weighted by molar-refractivity contribution is -0.127. The maximum absolute atomic E-state index is 12.7. The van der Waals surface area contributed by atoms with Gasteiger partial charge in [-0.05, 0) is 60.2 Å². The molecule has 7 nitrogen and oxygen atoms in total. The van der Waals surface area contributed by atoms with Gasteiger partial charge in [0.15, 0.2) is 0 Å². The molecule has 0 aliphatic carbocycles. The molecule has 0 spiro atoms. The summed E-state index contributed by atoms with van der Waals surface area (Å²) in [6.45, 7) is 4.60. The molecule has 0 atom stereocenters. The number of aryl methyl sites for hydroxylation is 1. The number of benzene rings is 2. The van der Waals surface area contributed by atoms with E-state index in [-0.39, 0.29) is 6.54 Å². The molecule has 2 heterocycles. The number of rotatable bonds is 5. The van der Waals surface area contributed by atoms with Crippen LogP contribution in [0.15, 0.2) is 47.4 Å². The normalized spacial score (nSPS) is 17.9. The Kier molecular flexibility index (Phi) is 6.83. The molecule has 0 radical (unpaired) electrons. The fourth-order valence-corrected chi connectivity index (χ4v) is 4.42. The summed E-state index contributed by atoms with van der Waals surface area (Å²) < 4.78 is 5.37.